The largest absolute Gasteiger partial charge is 0.493 e. The summed E-state index contributed by atoms with van der Waals surface area (Å²) in [7, 11) is 3.35. The molecule has 0 radical (unpaired) electrons. The van der Waals surface area contributed by atoms with Crippen LogP contribution in [0.15, 0.2) is 84.9 Å². The summed E-state index contributed by atoms with van der Waals surface area (Å²) in [5.41, 5.74) is 8.66. The molecule has 0 spiro atoms. The molecule has 46 heavy (non-hydrogen) atoms. The van der Waals surface area contributed by atoms with E-state index in [1.807, 2.05) is 36.4 Å². The van der Waals surface area contributed by atoms with Gasteiger partial charge in [-0.1, -0.05) is 66.7 Å². The van der Waals surface area contributed by atoms with Gasteiger partial charge in [0.15, 0.2) is 17.8 Å². The van der Waals surface area contributed by atoms with E-state index < -0.39 is 6.29 Å². The van der Waals surface area contributed by atoms with E-state index in [-0.39, 0.29) is 24.7 Å². The number of carbonyl (C=O) groups is 1. The van der Waals surface area contributed by atoms with Crippen molar-refractivity contribution in [2.24, 2.45) is 0 Å². The molecule has 2 heterocycles. The predicted octanol–water partition coefficient (Wildman–Crippen LogP) is 6.10. The van der Waals surface area contributed by atoms with Gasteiger partial charge in [-0.15, -0.1) is 0 Å². The minimum absolute atomic E-state index is 0.00968. The van der Waals surface area contributed by atoms with Gasteiger partial charge in [-0.25, -0.2) is 0 Å². The predicted molar refractivity (Wildman–Crippen MR) is 176 cm³/mol. The zero-order valence-corrected chi connectivity index (χ0v) is 26.7. The highest BCUT2D eigenvalue weighted by molar-refractivity contribution is 5.73. The Morgan fingerprint density at radius 1 is 0.870 bits per heavy atom. The number of fused-ring (bicyclic) bond motifs is 1. The van der Waals surface area contributed by atoms with Crippen LogP contribution in [0.5, 0.6) is 11.5 Å². The molecular formula is C38H42N2O6. The number of aliphatic hydroxyl groups excluding tert-OH is 1. The highest BCUT2D eigenvalue weighted by atomic mass is 16.7. The number of amides is 1. The lowest BCUT2D eigenvalue weighted by molar-refractivity contribution is -0.253. The first-order valence-corrected chi connectivity index (χ1v) is 15.8. The molecule has 3 unspecified atom stereocenters. The maximum Gasteiger partial charge on any atom is 0.217 e. The van der Waals surface area contributed by atoms with E-state index in [4.69, 9.17) is 18.9 Å². The molecule has 0 aliphatic carbocycles. The summed E-state index contributed by atoms with van der Waals surface area (Å²) in [6.45, 7) is 4.55. The minimum Gasteiger partial charge on any atom is -0.493 e. The molecule has 6 rings (SSSR count). The van der Waals surface area contributed by atoms with Crippen LogP contribution in [0.2, 0.25) is 0 Å². The van der Waals surface area contributed by atoms with E-state index in [0.29, 0.717) is 6.54 Å². The topological polar surface area (TPSA) is 89.5 Å². The van der Waals surface area contributed by atoms with Crippen LogP contribution >= 0.6 is 0 Å². The zero-order chi connectivity index (χ0) is 32.0. The van der Waals surface area contributed by atoms with Crippen molar-refractivity contribution >= 4 is 5.91 Å². The van der Waals surface area contributed by atoms with Gasteiger partial charge in [-0.2, -0.15) is 0 Å². The summed E-state index contributed by atoms with van der Waals surface area (Å²) >= 11 is 0. The number of ether oxygens (including phenoxy) is 4. The summed E-state index contributed by atoms with van der Waals surface area (Å²) in [5.74, 6) is 1.47. The molecular weight excluding hydrogens is 580 g/mol. The van der Waals surface area contributed by atoms with Crippen LogP contribution in [0.25, 0.3) is 11.1 Å². The first kappa shape index (κ1) is 31.8. The molecule has 1 saturated heterocycles. The lowest BCUT2D eigenvalue weighted by atomic mass is 9.96. The first-order chi connectivity index (χ1) is 22.4. The van der Waals surface area contributed by atoms with E-state index in [1.165, 1.54) is 18.1 Å². The standard InChI is InChI=1S/C38H42N2O6/c1-25(42)39-21-27-5-4-6-31(17-27)28-11-13-30(14-12-28)38-45-34(20-35(46-38)29-9-7-26(24-41)8-10-29)23-40-16-15-32-18-36(43-2)37(44-3)19-33(32)22-40/h4-14,17-19,34-35,38,41H,15-16,20-24H2,1-3H3,(H,39,42). The second-order valence-corrected chi connectivity index (χ2v) is 12.0. The molecule has 2 N–H and O–H groups in total. The summed E-state index contributed by atoms with van der Waals surface area (Å²) in [5, 5.41) is 12.4. The SMILES string of the molecule is COc1cc2c(cc1OC)CN(CC1CC(c3ccc(CO)cc3)OC(c3ccc(-c4cccc(CNC(C)=O)c4)cc3)O1)CC2. The molecule has 1 amide bonds. The molecule has 2 aliphatic heterocycles. The molecule has 8 nitrogen and oxygen atoms in total. The van der Waals surface area contributed by atoms with Crippen molar-refractivity contribution < 1.29 is 28.8 Å². The van der Waals surface area contributed by atoms with Gasteiger partial charge in [0.25, 0.3) is 0 Å². The van der Waals surface area contributed by atoms with Crippen molar-refractivity contribution in [3.63, 3.8) is 0 Å². The average molecular weight is 623 g/mol. The third kappa shape index (κ3) is 7.43. The molecule has 0 aromatic heterocycles. The fourth-order valence-corrected chi connectivity index (χ4v) is 6.34. The van der Waals surface area contributed by atoms with Gasteiger partial charge in [0.05, 0.1) is 33.0 Å². The first-order valence-electron chi connectivity index (χ1n) is 15.8. The molecule has 1 fully saturated rings. The Bertz CT molecular complexity index is 1640. The Morgan fingerprint density at radius 3 is 2.28 bits per heavy atom. The molecule has 0 bridgehead atoms. The summed E-state index contributed by atoms with van der Waals surface area (Å²) in [6.07, 6.45) is 0.935. The van der Waals surface area contributed by atoms with Crippen molar-refractivity contribution in [2.75, 3.05) is 27.3 Å². The number of carbonyl (C=O) groups excluding carboxylic acids is 1. The van der Waals surface area contributed by atoms with Crippen LogP contribution < -0.4 is 14.8 Å². The van der Waals surface area contributed by atoms with Crippen LogP contribution in [-0.2, 0) is 40.4 Å². The zero-order valence-electron chi connectivity index (χ0n) is 26.7. The molecule has 8 heteroatoms. The lowest BCUT2D eigenvalue weighted by Crippen LogP contribution is -2.41. The molecule has 0 saturated carbocycles. The Balaban J connectivity index is 1.20. The van der Waals surface area contributed by atoms with E-state index in [1.54, 1.807) is 14.2 Å². The van der Waals surface area contributed by atoms with Crippen LogP contribution in [0.1, 0.15) is 59.1 Å². The van der Waals surface area contributed by atoms with Crippen molar-refractivity contribution in [3.8, 4) is 22.6 Å². The smallest absolute Gasteiger partial charge is 0.217 e. The van der Waals surface area contributed by atoms with E-state index in [0.717, 1.165) is 77.4 Å². The summed E-state index contributed by atoms with van der Waals surface area (Å²) in [4.78, 5) is 13.8. The van der Waals surface area contributed by atoms with Gasteiger partial charge in [0.2, 0.25) is 5.91 Å². The maximum atomic E-state index is 11.4. The van der Waals surface area contributed by atoms with E-state index in [2.05, 4.69) is 58.7 Å². The number of methoxy groups -OCH3 is 2. The lowest BCUT2D eigenvalue weighted by Gasteiger charge is -2.39. The van der Waals surface area contributed by atoms with Gasteiger partial charge in [0, 0.05) is 45.1 Å². The fraction of sp³-hybridized carbons (Fsp3) is 0.342. The van der Waals surface area contributed by atoms with Crippen LogP contribution in [-0.4, -0.2) is 49.3 Å². The van der Waals surface area contributed by atoms with Crippen molar-refractivity contribution in [2.45, 2.75) is 58.0 Å². The number of benzene rings is 4. The molecule has 240 valence electrons. The van der Waals surface area contributed by atoms with E-state index >= 15 is 0 Å². The van der Waals surface area contributed by atoms with Crippen LogP contribution in [0.4, 0.5) is 0 Å². The fourth-order valence-electron chi connectivity index (χ4n) is 6.34. The molecule has 4 aromatic carbocycles. The number of nitrogens with zero attached hydrogens (tertiary/aromatic N) is 1. The number of nitrogens with one attached hydrogen (secondary N) is 1. The van der Waals surface area contributed by atoms with Crippen molar-refractivity contribution in [3.05, 3.63) is 118 Å². The quantitative estimate of drug-likeness (QED) is 0.221. The van der Waals surface area contributed by atoms with Gasteiger partial charge >= 0.3 is 0 Å². The average Bonchev–Trinajstić information content (AvgIpc) is 3.10. The normalized spacial score (nSPS) is 19.7. The van der Waals surface area contributed by atoms with Gasteiger partial charge < -0.3 is 29.4 Å². The highest BCUT2D eigenvalue weighted by Gasteiger charge is 2.34. The second kappa shape index (κ2) is 14.5. The maximum absolute atomic E-state index is 11.4. The van der Waals surface area contributed by atoms with Crippen LogP contribution in [0, 0.1) is 0 Å². The Hall–Kier alpha value is -4.21. The highest BCUT2D eigenvalue weighted by Crippen LogP contribution is 2.39. The third-order valence-corrected chi connectivity index (χ3v) is 8.86. The molecule has 2 aliphatic rings. The third-order valence-electron chi connectivity index (χ3n) is 8.86. The number of hydrogen-bond donors (Lipinski definition) is 2. The second-order valence-electron chi connectivity index (χ2n) is 12.0. The Labute approximate surface area is 270 Å². The monoisotopic (exact) mass is 622 g/mol. The summed E-state index contributed by atoms with van der Waals surface area (Å²) in [6, 6.07) is 28.7. The summed E-state index contributed by atoms with van der Waals surface area (Å²) < 4.78 is 24.4. The Kier molecular flexibility index (Phi) is 10.00. The molecule has 4 aromatic rings. The van der Waals surface area contributed by atoms with Gasteiger partial charge in [0.1, 0.15) is 0 Å². The van der Waals surface area contributed by atoms with Crippen LogP contribution in [0.3, 0.4) is 0 Å². The number of hydrogen-bond acceptors (Lipinski definition) is 7. The van der Waals surface area contributed by atoms with Gasteiger partial charge in [-0.3, -0.25) is 9.69 Å². The minimum atomic E-state index is -0.525. The van der Waals surface area contributed by atoms with Crippen molar-refractivity contribution in [1.82, 2.24) is 10.2 Å². The van der Waals surface area contributed by atoms with E-state index in [9.17, 15) is 9.90 Å². The van der Waals surface area contributed by atoms with Crippen molar-refractivity contribution in [1.29, 1.82) is 0 Å². The van der Waals surface area contributed by atoms with Gasteiger partial charge in [-0.05, 0) is 63.6 Å². The Morgan fingerprint density at radius 2 is 1.59 bits per heavy atom. The molecule has 3 atom stereocenters. The number of aliphatic hydroxyl groups is 1. The number of rotatable bonds is 10.